The third kappa shape index (κ3) is 2.74. The maximum atomic E-state index is 9.86. The third-order valence-corrected chi connectivity index (χ3v) is 3.92. The van der Waals surface area contributed by atoms with Gasteiger partial charge in [0.1, 0.15) is 5.60 Å². The van der Waals surface area contributed by atoms with Crippen LogP contribution in [0.1, 0.15) is 32.1 Å². The van der Waals surface area contributed by atoms with Crippen LogP contribution in [0, 0.1) is 0 Å². The summed E-state index contributed by atoms with van der Waals surface area (Å²) in [5.74, 6) is 0. The number of hydrogen-bond acceptors (Lipinski definition) is 4. The molecule has 1 aliphatic heterocycles. The second-order valence-corrected chi connectivity index (χ2v) is 5.03. The molecule has 3 unspecified atom stereocenters. The van der Waals surface area contributed by atoms with Crippen molar-refractivity contribution in [3.05, 3.63) is 0 Å². The standard InChI is InChI=1S/C12H23NO3/c1-15-12(6-7-16-9-12)8-13-10-4-2-3-5-11(10)14/h10-11,13-14H,2-9H2,1H3. The van der Waals surface area contributed by atoms with Crippen LogP contribution in [0.25, 0.3) is 0 Å². The summed E-state index contributed by atoms with van der Waals surface area (Å²) in [4.78, 5) is 0. The van der Waals surface area contributed by atoms with Crippen molar-refractivity contribution in [3.8, 4) is 0 Å². The van der Waals surface area contributed by atoms with Gasteiger partial charge < -0.3 is 19.9 Å². The molecule has 1 aliphatic carbocycles. The van der Waals surface area contributed by atoms with Crippen LogP contribution < -0.4 is 5.32 Å². The fraction of sp³-hybridized carbons (Fsp3) is 1.00. The first-order valence-electron chi connectivity index (χ1n) is 6.30. The fourth-order valence-electron chi connectivity index (χ4n) is 2.63. The second kappa shape index (κ2) is 5.45. The Morgan fingerprint density at radius 1 is 1.44 bits per heavy atom. The van der Waals surface area contributed by atoms with Crippen molar-refractivity contribution in [2.24, 2.45) is 0 Å². The minimum absolute atomic E-state index is 0.169. The van der Waals surface area contributed by atoms with Crippen molar-refractivity contribution in [2.45, 2.75) is 49.9 Å². The minimum Gasteiger partial charge on any atom is -0.392 e. The van der Waals surface area contributed by atoms with Crippen LogP contribution in [-0.4, -0.2) is 49.7 Å². The largest absolute Gasteiger partial charge is 0.392 e. The fourth-order valence-corrected chi connectivity index (χ4v) is 2.63. The van der Waals surface area contributed by atoms with E-state index < -0.39 is 0 Å². The quantitative estimate of drug-likeness (QED) is 0.744. The molecule has 0 aromatic heterocycles. The topological polar surface area (TPSA) is 50.7 Å². The van der Waals surface area contributed by atoms with E-state index in [9.17, 15) is 5.11 Å². The van der Waals surface area contributed by atoms with Crippen molar-refractivity contribution >= 4 is 0 Å². The lowest BCUT2D eigenvalue weighted by atomic mass is 9.91. The number of nitrogens with one attached hydrogen (secondary N) is 1. The highest BCUT2D eigenvalue weighted by Crippen LogP contribution is 2.23. The van der Waals surface area contributed by atoms with E-state index in [1.54, 1.807) is 7.11 Å². The maximum absolute atomic E-state index is 9.86. The van der Waals surface area contributed by atoms with Crippen LogP contribution in [0.4, 0.5) is 0 Å². The van der Waals surface area contributed by atoms with E-state index in [2.05, 4.69) is 5.32 Å². The lowest BCUT2D eigenvalue weighted by Crippen LogP contribution is -2.50. The number of rotatable bonds is 4. The molecule has 0 amide bonds. The zero-order valence-corrected chi connectivity index (χ0v) is 10.1. The van der Waals surface area contributed by atoms with E-state index in [1.807, 2.05) is 0 Å². The summed E-state index contributed by atoms with van der Waals surface area (Å²) >= 11 is 0. The third-order valence-electron chi connectivity index (χ3n) is 3.92. The van der Waals surface area contributed by atoms with Crippen molar-refractivity contribution in [2.75, 3.05) is 26.9 Å². The molecule has 0 aromatic rings. The maximum Gasteiger partial charge on any atom is 0.106 e. The highest BCUT2D eigenvalue weighted by atomic mass is 16.5. The number of ether oxygens (including phenoxy) is 2. The van der Waals surface area contributed by atoms with Crippen LogP contribution >= 0.6 is 0 Å². The summed E-state index contributed by atoms with van der Waals surface area (Å²) in [5.41, 5.74) is -0.169. The van der Waals surface area contributed by atoms with Crippen LogP contribution in [-0.2, 0) is 9.47 Å². The Balaban J connectivity index is 1.80. The minimum atomic E-state index is -0.190. The predicted molar refractivity (Wildman–Crippen MR) is 61.4 cm³/mol. The highest BCUT2D eigenvalue weighted by molar-refractivity contribution is 4.90. The van der Waals surface area contributed by atoms with Gasteiger partial charge in [-0.05, 0) is 12.8 Å². The van der Waals surface area contributed by atoms with Gasteiger partial charge in [0.15, 0.2) is 0 Å². The Bertz CT molecular complexity index is 216. The Hall–Kier alpha value is -0.160. The number of aliphatic hydroxyl groups excluding tert-OH is 1. The molecule has 4 heteroatoms. The van der Waals surface area contributed by atoms with Gasteiger partial charge >= 0.3 is 0 Å². The van der Waals surface area contributed by atoms with Gasteiger partial charge in [-0.2, -0.15) is 0 Å². The van der Waals surface area contributed by atoms with E-state index in [0.29, 0.717) is 6.61 Å². The summed E-state index contributed by atoms with van der Waals surface area (Å²) in [5, 5.41) is 13.3. The molecule has 3 atom stereocenters. The van der Waals surface area contributed by atoms with E-state index >= 15 is 0 Å². The van der Waals surface area contributed by atoms with E-state index in [-0.39, 0.29) is 17.7 Å². The average molecular weight is 229 g/mol. The van der Waals surface area contributed by atoms with Crippen molar-refractivity contribution in [3.63, 3.8) is 0 Å². The van der Waals surface area contributed by atoms with Crippen molar-refractivity contribution in [1.82, 2.24) is 5.32 Å². The Morgan fingerprint density at radius 2 is 2.25 bits per heavy atom. The molecule has 0 bridgehead atoms. The van der Waals surface area contributed by atoms with Crippen LogP contribution in [0.2, 0.25) is 0 Å². The first-order valence-corrected chi connectivity index (χ1v) is 6.30. The summed E-state index contributed by atoms with van der Waals surface area (Å²) in [6.45, 7) is 2.23. The van der Waals surface area contributed by atoms with Crippen LogP contribution in [0.15, 0.2) is 0 Å². The molecule has 1 heterocycles. The van der Waals surface area contributed by atoms with Gasteiger partial charge in [0.2, 0.25) is 0 Å². The van der Waals surface area contributed by atoms with E-state index in [4.69, 9.17) is 9.47 Å². The zero-order chi connectivity index (χ0) is 11.4. The molecule has 4 nitrogen and oxygen atoms in total. The summed E-state index contributed by atoms with van der Waals surface area (Å²) in [6.07, 6.45) is 5.11. The van der Waals surface area contributed by atoms with Gasteiger partial charge in [-0.3, -0.25) is 0 Å². The van der Waals surface area contributed by atoms with Gasteiger partial charge in [0, 0.05) is 32.7 Å². The van der Waals surface area contributed by atoms with Gasteiger partial charge in [-0.15, -0.1) is 0 Å². The Labute approximate surface area is 97.3 Å². The molecule has 2 aliphatic rings. The molecule has 1 saturated carbocycles. The molecular weight excluding hydrogens is 206 g/mol. The first kappa shape index (κ1) is 12.3. The van der Waals surface area contributed by atoms with Crippen LogP contribution in [0.5, 0.6) is 0 Å². The lowest BCUT2D eigenvalue weighted by molar-refractivity contribution is -0.0231. The van der Waals surface area contributed by atoms with Gasteiger partial charge in [-0.1, -0.05) is 12.8 Å². The first-order chi connectivity index (χ1) is 7.76. The monoisotopic (exact) mass is 229 g/mol. The molecule has 16 heavy (non-hydrogen) atoms. The normalized spacial score (nSPS) is 40.1. The molecule has 0 aromatic carbocycles. The highest BCUT2D eigenvalue weighted by Gasteiger charge is 2.36. The van der Waals surface area contributed by atoms with E-state index in [1.165, 1.54) is 6.42 Å². The average Bonchev–Trinajstić information content (AvgIpc) is 2.78. The van der Waals surface area contributed by atoms with Crippen molar-refractivity contribution in [1.29, 1.82) is 0 Å². The van der Waals surface area contributed by atoms with Gasteiger partial charge in [0.25, 0.3) is 0 Å². The Morgan fingerprint density at radius 3 is 2.88 bits per heavy atom. The smallest absolute Gasteiger partial charge is 0.106 e. The lowest BCUT2D eigenvalue weighted by Gasteiger charge is -2.33. The number of aliphatic hydroxyl groups is 1. The van der Waals surface area contributed by atoms with Gasteiger partial charge in [0.05, 0.1) is 12.7 Å². The number of hydrogen-bond donors (Lipinski definition) is 2. The molecule has 2 N–H and O–H groups in total. The zero-order valence-electron chi connectivity index (χ0n) is 10.1. The molecule has 2 rings (SSSR count). The second-order valence-electron chi connectivity index (χ2n) is 5.03. The summed E-state index contributed by atoms with van der Waals surface area (Å²) in [7, 11) is 1.74. The molecule has 0 radical (unpaired) electrons. The molecule has 2 fully saturated rings. The molecule has 0 spiro atoms. The summed E-state index contributed by atoms with van der Waals surface area (Å²) < 4.78 is 10.9. The van der Waals surface area contributed by atoms with Crippen LogP contribution in [0.3, 0.4) is 0 Å². The molecule has 94 valence electrons. The molecule has 1 saturated heterocycles. The SMILES string of the molecule is COC1(CNC2CCCCC2O)CCOC1. The number of methoxy groups -OCH3 is 1. The van der Waals surface area contributed by atoms with Gasteiger partial charge in [-0.25, -0.2) is 0 Å². The Kier molecular flexibility index (Phi) is 4.19. The van der Waals surface area contributed by atoms with E-state index in [0.717, 1.165) is 38.8 Å². The van der Waals surface area contributed by atoms with Crippen molar-refractivity contribution < 1.29 is 14.6 Å². The summed E-state index contributed by atoms with van der Waals surface area (Å²) in [6, 6.07) is 0.237. The molecular formula is C12H23NO3. The predicted octanol–water partition coefficient (Wildman–Crippen LogP) is 0.685.